The highest BCUT2D eigenvalue weighted by molar-refractivity contribution is 7.90. The van der Waals surface area contributed by atoms with Crippen molar-refractivity contribution in [2.75, 3.05) is 13.4 Å². The van der Waals surface area contributed by atoms with Gasteiger partial charge in [0.25, 0.3) is 5.91 Å². The first-order valence-electron chi connectivity index (χ1n) is 8.12. The quantitative estimate of drug-likeness (QED) is 0.802. The summed E-state index contributed by atoms with van der Waals surface area (Å²) in [6.45, 7) is 3.48. The highest BCUT2D eigenvalue weighted by Gasteiger charge is 2.19. The van der Waals surface area contributed by atoms with E-state index < -0.39 is 15.9 Å². The van der Waals surface area contributed by atoms with Crippen LogP contribution in [0.2, 0.25) is 0 Å². The molecule has 7 heteroatoms. The predicted molar refractivity (Wildman–Crippen MR) is 99.2 cm³/mol. The molecule has 0 aliphatic carbocycles. The Bertz CT molecular complexity index is 862. The van der Waals surface area contributed by atoms with E-state index in [1.165, 1.54) is 19.2 Å². The number of hydrogen-bond acceptors (Lipinski definition) is 5. The van der Waals surface area contributed by atoms with Gasteiger partial charge in [0.1, 0.15) is 0 Å². The monoisotopic (exact) mass is 377 g/mol. The third kappa shape index (κ3) is 4.98. The number of rotatable bonds is 7. The van der Waals surface area contributed by atoms with Crippen molar-refractivity contribution in [3.63, 3.8) is 0 Å². The number of ether oxygens (including phenoxy) is 2. The van der Waals surface area contributed by atoms with Crippen LogP contribution in [-0.4, -0.2) is 33.8 Å². The van der Waals surface area contributed by atoms with Crippen LogP contribution in [0.1, 0.15) is 25.5 Å². The topological polar surface area (TPSA) is 81.7 Å². The van der Waals surface area contributed by atoms with Crippen molar-refractivity contribution in [3.05, 3.63) is 54.1 Å². The van der Waals surface area contributed by atoms with Gasteiger partial charge in [-0.2, -0.15) is 0 Å². The fourth-order valence-electron chi connectivity index (χ4n) is 2.38. The average molecular weight is 377 g/mol. The van der Waals surface area contributed by atoms with E-state index in [1.807, 2.05) is 13.0 Å². The Labute approximate surface area is 154 Å². The van der Waals surface area contributed by atoms with Crippen LogP contribution >= 0.6 is 0 Å². The summed E-state index contributed by atoms with van der Waals surface area (Å²) in [4.78, 5) is 12.6. The number of sulfone groups is 1. The normalized spacial score (nSPS) is 13.5. The SMILES string of the molecule is COc1ccccc1O[C@@H](C)C(=O)N[C@@H](C)c1ccc(S(C)(=O)=O)cc1. The van der Waals surface area contributed by atoms with Crippen LogP contribution in [0.25, 0.3) is 0 Å². The lowest BCUT2D eigenvalue weighted by Crippen LogP contribution is -2.37. The smallest absolute Gasteiger partial charge is 0.261 e. The van der Waals surface area contributed by atoms with Crippen molar-refractivity contribution < 1.29 is 22.7 Å². The lowest BCUT2D eigenvalue weighted by atomic mass is 10.1. The van der Waals surface area contributed by atoms with Gasteiger partial charge in [0, 0.05) is 6.26 Å². The number of carbonyl (C=O) groups excluding carboxylic acids is 1. The molecule has 26 heavy (non-hydrogen) atoms. The van der Waals surface area contributed by atoms with E-state index in [2.05, 4.69) is 5.32 Å². The molecule has 2 aromatic rings. The second-order valence-corrected chi connectivity index (χ2v) is 8.00. The molecular formula is C19H23NO5S. The Morgan fingerprint density at radius 2 is 1.58 bits per heavy atom. The molecule has 1 N–H and O–H groups in total. The Hall–Kier alpha value is -2.54. The molecule has 0 fully saturated rings. The zero-order valence-electron chi connectivity index (χ0n) is 15.2. The first kappa shape index (κ1) is 19.8. The Balaban J connectivity index is 2.01. The molecule has 2 aromatic carbocycles. The molecule has 0 saturated heterocycles. The van der Waals surface area contributed by atoms with E-state index in [0.29, 0.717) is 11.5 Å². The lowest BCUT2D eigenvalue weighted by molar-refractivity contribution is -0.127. The molecule has 0 radical (unpaired) electrons. The predicted octanol–water partition coefficient (Wildman–Crippen LogP) is 2.74. The van der Waals surface area contributed by atoms with Crippen molar-refractivity contribution in [2.24, 2.45) is 0 Å². The summed E-state index contributed by atoms with van der Waals surface area (Å²) in [7, 11) is -1.71. The summed E-state index contributed by atoms with van der Waals surface area (Å²) in [6, 6.07) is 13.2. The van der Waals surface area contributed by atoms with Crippen molar-refractivity contribution >= 4 is 15.7 Å². The fourth-order valence-corrected chi connectivity index (χ4v) is 3.01. The third-order valence-electron chi connectivity index (χ3n) is 3.91. The molecule has 0 unspecified atom stereocenters. The van der Waals surface area contributed by atoms with Gasteiger partial charge in [-0.3, -0.25) is 4.79 Å². The molecule has 6 nitrogen and oxygen atoms in total. The van der Waals surface area contributed by atoms with Crippen LogP contribution in [0, 0.1) is 0 Å². The standard InChI is InChI=1S/C19H23NO5S/c1-13(15-9-11-16(12-10-15)26(4,22)23)20-19(21)14(2)25-18-8-6-5-7-17(18)24-3/h5-14H,1-4H3,(H,20,21)/t13-,14-/m0/s1. The Kier molecular flexibility index (Phi) is 6.26. The van der Waals surface area contributed by atoms with Crippen LogP contribution in [0.4, 0.5) is 0 Å². The summed E-state index contributed by atoms with van der Waals surface area (Å²) >= 11 is 0. The van der Waals surface area contributed by atoms with Crippen molar-refractivity contribution in [1.29, 1.82) is 0 Å². The molecule has 0 aliphatic rings. The number of carbonyl (C=O) groups is 1. The van der Waals surface area contributed by atoms with E-state index in [9.17, 15) is 13.2 Å². The molecular weight excluding hydrogens is 354 g/mol. The number of amides is 1. The number of nitrogens with one attached hydrogen (secondary N) is 1. The zero-order valence-corrected chi connectivity index (χ0v) is 16.0. The molecule has 2 atom stereocenters. The number of methoxy groups -OCH3 is 1. The van der Waals surface area contributed by atoms with E-state index in [1.54, 1.807) is 37.3 Å². The van der Waals surface area contributed by atoms with Crippen LogP contribution in [0.3, 0.4) is 0 Å². The van der Waals surface area contributed by atoms with Gasteiger partial charge in [-0.25, -0.2) is 8.42 Å². The van der Waals surface area contributed by atoms with Crippen LogP contribution in [-0.2, 0) is 14.6 Å². The maximum absolute atomic E-state index is 12.4. The largest absolute Gasteiger partial charge is 0.493 e. The first-order valence-corrected chi connectivity index (χ1v) is 10.0. The van der Waals surface area contributed by atoms with Gasteiger partial charge in [0.05, 0.1) is 18.0 Å². The Morgan fingerprint density at radius 1 is 1.00 bits per heavy atom. The van der Waals surface area contributed by atoms with Gasteiger partial charge in [-0.05, 0) is 43.7 Å². The van der Waals surface area contributed by atoms with Crippen LogP contribution in [0.5, 0.6) is 11.5 Å². The zero-order chi connectivity index (χ0) is 19.3. The minimum absolute atomic E-state index is 0.243. The first-order chi connectivity index (χ1) is 12.2. The van der Waals surface area contributed by atoms with E-state index >= 15 is 0 Å². The van der Waals surface area contributed by atoms with Gasteiger partial charge in [0.15, 0.2) is 27.4 Å². The number of para-hydroxylation sites is 2. The molecule has 0 bridgehead atoms. The fraction of sp³-hybridized carbons (Fsp3) is 0.316. The summed E-state index contributed by atoms with van der Waals surface area (Å²) in [5, 5.41) is 2.86. The summed E-state index contributed by atoms with van der Waals surface area (Å²) in [5.74, 6) is 0.759. The van der Waals surface area contributed by atoms with Crippen molar-refractivity contribution in [1.82, 2.24) is 5.32 Å². The molecule has 0 saturated carbocycles. The van der Waals surface area contributed by atoms with E-state index in [0.717, 1.165) is 11.8 Å². The maximum atomic E-state index is 12.4. The molecule has 1 amide bonds. The summed E-state index contributed by atoms with van der Waals surface area (Å²) < 4.78 is 33.9. The van der Waals surface area contributed by atoms with Crippen molar-refractivity contribution in [3.8, 4) is 11.5 Å². The van der Waals surface area contributed by atoms with Crippen LogP contribution < -0.4 is 14.8 Å². The summed E-state index contributed by atoms with van der Waals surface area (Å²) in [6.07, 6.45) is 0.438. The van der Waals surface area contributed by atoms with E-state index in [-0.39, 0.29) is 16.8 Å². The highest BCUT2D eigenvalue weighted by atomic mass is 32.2. The van der Waals surface area contributed by atoms with Crippen LogP contribution in [0.15, 0.2) is 53.4 Å². The molecule has 2 rings (SSSR count). The molecule has 0 spiro atoms. The van der Waals surface area contributed by atoms with E-state index in [4.69, 9.17) is 9.47 Å². The lowest BCUT2D eigenvalue weighted by Gasteiger charge is -2.20. The second-order valence-electron chi connectivity index (χ2n) is 5.98. The summed E-state index contributed by atoms with van der Waals surface area (Å²) in [5.41, 5.74) is 0.801. The number of hydrogen-bond donors (Lipinski definition) is 1. The maximum Gasteiger partial charge on any atom is 0.261 e. The van der Waals surface area contributed by atoms with Gasteiger partial charge in [-0.1, -0.05) is 24.3 Å². The highest BCUT2D eigenvalue weighted by Crippen LogP contribution is 2.27. The minimum Gasteiger partial charge on any atom is -0.493 e. The molecule has 0 aliphatic heterocycles. The third-order valence-corrected chi connectivity index (χ3v) is 5.04. The number of benzene rings is 2. The molecule has 0 heterocycles. The van der Waals surface area contributed by atoms with Crippen molar-refractivity contribution in [2.45, 2.75) is 30.9 Å². The Morgan fingerprint density at radius 3 is 2.12 bits per heavy atom. The van der Waals surface area contributed by atoms with Gasteiger partial charge in [0.2, 0.25) is 0 Å². The van der Waals surface area contributed by atoms with Gasteiger partial charge < -0.3 is 14.8 Å². The van der Waals surface area contributed by atoms with Gasteiger partial charge in [-0.15, -0.1) is 0 Å². The molecule has 0 aromatic heterocycles. The second kappa shape index (κ2) is 8.23. The minimum atomic E-state index is -3.24. The average Bonchev–Trinajstić information content (AvgIpc) is 2.61. The van der Waals surface area contributed by atoms with Gasteiger partial charge >= 0.3 is 0 Å². The molecule has 140 valence electrons.